The first-order valence-corrected chi connectivity index (χ1v) is 6.93. The zero-order valence-corrected chi connectivity index (χ0v) is 12.0. The van der Waals surface area contributed by atoms with Crippen LogP contribution in [-0.2, 0) is 0 Å². The largest absolute Gasteiger partial charge is 0.496 e. The molecular weight excluding hydrogens is 222 g/mol. The third-order valence-electron chi connectivity index (χ3n) is 4.31. The Hall–Kier alpha value is -1.02. The third kappa shape index (κ3) is 2.69. The van der Waals surface area contributed by atoms with Gasteiger partial charge in [0, 0.05) is 17.6 Å². The van der Waals surface area contributed by atoms with Gasteiger partial charge in [-0.3, -0.25) is 0 Å². The molecule has 0 amide bonds. The molecule has 0 bridgehead atoms. The monoisotopic (exact) mass is 247 g/mol. The summed E-state index contributed by atoms with van der Waals surface area (Å²) >= 11 is 0. The van der Waals surface area contributed by atoms with E-state index in [1.54, 1.807) is 7.11 Å². The van der Waals surface area contributed by atoms with Gasteiger partial charge in [-0.1, -0.05) is 38.5 Å². The summed E-state index contributed by atoms with van der Waals surface area (Å²) in [5.74, 6) is 0.980. The Labute approximate surface area is 111 Å². The Morgan fingerprint density at radius 3 is 2.67 bits per heavy atom. The highest BCUT2D eigenvalue weighted by molar-refractivity contribution is 5.35. The summed E-state index contributed by atoms with van der Waals surface area (Å²) in [5, 5.41) is 3.78. The summed E-state index contributed by atoms with van der Waals surface area (Å²) in [7, 11) is 1.74. The van der Waals surface area contributed by atoms with Gasteiger partial charge in [0.1, 0.15) is 5.75 Å². The highest BCUT2D eigenvalue weighted by atomic mass is 16.5. The van der Waals surface area contributed by atoms with Crippen molar-refractivity contribution >= 4 is 0 Å². The van der Waals surface area contributed by atoms with E-state index in [-0.39, 0.29) is 0 Å². The van der Waals surface area contributed by atoms with E-state index in [0.29, 0.717) is 17.5 Å². The predicted octanol–water partition coefficient (Wildman–Crippen LogP) is 3.92. The summed E-state index contributed by atoms with van der Waals surface area (Å²) in [4.78, 5) is 0. The van der Waals surface area contributed by atoms with E-state index >= 15 is 0 Å². The number of hydrogen-bond donors (Lipinski definition) is 1. The lowest BCUT2D eigenvalue weighted by Gasteiger charge is -2.31. The van der Waals surface area contributed by atoms with Crippen molar-refractivity contribution in [3.8, 4) is 5.75 Å². The minimum absolute atomic E-state index is 0.337. The second kappa shape index (κ2) is 5.31. The van der Waals surface area contributed by atoms with E-state index in [2.05, 4.69) is 38.2 Å². The lowest BCUT2D eigenvalue weighted by molar-refractivity contribution is 0.264. The highest BCUT2D eigenvalue weighted by Crippen LogP contribution is 2.38. The summed E-state index contributed by atoms with van der Waals surface area (Å²) in [6, 6.07) is 9.23. The molecule has 0 heterocycles. The van der Waals surface area contributed by atoms with Crippen molar-refractivity contribution in [2.45, 2.75) is 52.1 Å². The van der Waals surface area contributed by atoms with Gasteiger partial charge in [0.15, 0.2) is 0 Å². The normalized spacial score (nSPS) is 23.9. The molecule has 18 heavy (non-hydrogen) atoms. The van der Waals surface area contributed by atoms with E-state index in [4.69, 9.17) is 4.74 Å². The van der Waals surface area contributed by atoms with Crippen molar-refractivity contribution in [2.75, 3.05) is 7.11 Å². The van der Waals surface area contributed by atoms with Gasteiger partial charge in [-0.2, -0.15) is 0 Å². The van der Waals surface area contributed by atoms with Crippen LogP contribution in [0.5, 0.6) is 5.75 Å². The zero-order valence-electron chi connectivity index (χ0n) is 12.0. The van der Waals surface area contributed by atoms with Gasteiger partial charge in [0.05, 0.1) is 7.11 Å². The first-order valence-electron chi connectivity index (χ1n) is 6.93. The standard InChI is InChI=1S/C16H25NO/c1-12(13-8-5-6-9-14(13)18-4)17-15-10-7-11-16(15,2)3/h5-6,8-9,12,15,17H,7,10-11H2,1-4H3/t12-,15?/m1/s1. The van der Waals surface area contributed by atoms with Crippen LogP contribution in [0.1, 0.15) is 51.6 Å². The van der Waals surface area contributed by atoms with Gasteiger partial charge in [-0.05, 0) is 31.2 Å². The fourth-order valence-electron chi connectivity index (χ4n) is 3.05. The SMILES string of the molecule is COc1ccccc1[C@@H](C)NC1CCCC1(C)C. The third-order valence-corrected chi connectivity index (χ3v) is 4.31. The van der Waals surface area contributed by atoms with Crippen LogP contribution >= 0.6 is 0 Å². The molecule has 2 atom stereocenters. The highest BCUT2D eigenvalue weighted by Gasteiger charge is 2.35. The molecule has 1 N–H and O–H groups in total. The number of methoxy groups -OCH3 is 1. The number of rotatable bonds is 4. The smallest absolute Gasteiger partial charge is 0.123 e. The van der Waals surface area contributed by atoms with E-state index in [1.165, 1.54) is 24.8 Å². The molecule has 2 heteroatoms. The van der Waals surface area contributed by atoms with E-state index in [0.717, 1.165) is 5.75 Å². The maximum Gasteiger partial charge on any atom is 0.123 e. The average molecular weight is 247 g/mol. The quantitative estimate of drug-likeness (QED) is 0.870. The first kappa shape index (κ1) is 13.4. The van der Waals surface area contributed by atoms with Crippen molar-refractivity contribution in [3.05, 3.63) is 29.8 Å². The molecule has 0 spiro atoms. The van der Waals surface area contributed by atoms with Crippen LogP contribution in [0.4, 0.5) is 0 Å². The number of benzene rings is 1. The van der Waals surface area contributed by atoms with Gasteiger partial charge in [-0.25, -0.2) is 0 Å². The molecule has 1 aliphatic carbocycles. The van der Waals surface area contributed by atoms with Crippen molar-refractivity contribution in [1.29, 1.82) is 0 Å². The van der Waals surface area contributed by atoms with E-state index < -0.39 is 0 Å². The molecule has 1 fully saturated rings. The fraction of sp³-hybridized carbons (Fsp3) is 0.625. The Morgan fingerprint density at radius 2 is 2.06 bits per heavy atom. The van der Waals surface area contributed by atoms with Gasteiger partial charge < -0.3 is 10.1 Å². The van der Waals surface area contributed by atoms with Crippen LogP contribution in [0.2, 0.25) is 0 Å². The van der Waals surface area contributed by atoms with Gasteiger partial charge in [-0.15, -0.1) is 0 Å². The topological polar surface area (TPSA) is 21.3 Å². The molecule has 1 aliphatic rings. The lowest BCUT2D eigenvalue weighted by atomic mass is 9.86. The molecule has 0 aliphatic heterocycles. The molecule has 1 unspecified atom stereocenters. The molecule has 1 aromatic rings. The molecule has 0 aromatic heterocycles. The van der Waals surface area contributed by atoms with Gasteiger partial charge >= 0.3 is 0 Å². The van der Waals surface area contributed by atoms with Gasteiger partial charge in [0.2, 0.25) is 0 Å². The molecule has 1 aromatic carbocycles. The molecule has 2 nitrogen and oxygen atoms in total. The Bertz CT molecular complexity index is 400. The number of ether oxygens (including phenoxy) is 1. The first-order chi connectivity index (χ1) is 8.54. The predicted molar refractivity (Wildman–Crippen MR) is 76.0 cm³/mol. The average Bonchev–Trinajstić information content (AvgIpc) is 2.68. The molecule has 100 valence electrons. The van der Waals surface area contributed by atoms with Crippen LogP contribution in [0, 0.1) is 5.41 Å². The molecular formula is C16H25NO. The Balaban J connectivity index is 2.10. The molecule has 2 rings (SSSR count). The van der Waals surface area contributed by atoms with E-state index in [9.17, 15) is 0 Å². The maximum atomic E-state index is 5.44. The van der Waals surface area contributed by atoms with Crippen molar-refractivity contribution in [2.24, 2.45) is 5.41 Å². The van der Waals surface area contributed by atoms with Crippen LogP contribution in [0.15, 0.2) is 24.3 Å². The molecule has 0 radical (unpaired) electrons. The Morgan fingerprint density at radius 1 is 1.33 bits per heavy atom. The second-order valence-corrected chi connectivity index (χ2v) is 6.06. The van der Waals surface area contributed by atoms with Crippen molar-refractivity contribution < 1.29 is 4.74 Å². The van der Waals surface area contributed by atoms with Crippen LogP contribution in [0.25, 0.3) is 0 Å². The van der Waals surface area contributed by atoms with Crippen molar-refractivity contribution in [3.63, 3.8) is 0 Å². The summed E-state index contributed by atoms with van der Waals surface area (Å²) in [6.45, 7) is 6.96. The molecule has 0 saturated heterocycles. The minimum atomic E-state index is 0.337. The fourth-order valence-corrected chi connectivity index (χ4v) is 3.05. The summed E-state index contributed by atoms with van der Waals surface area (Å²) in [5.41, 5.74) is 1.67. The minimum Gasteiger partial charge on any atom is -0.496 e. The van der Waals surface area contributed by atoms with Gasteiger partial charge in [0.25, 0.3) is 0 Å². The van der Waals surface area contributed by atoms with Crippen LogP contribution in [0.3, 0.4) is 0 Å². The number of nitrogens with one attached hydrogen (secondary N) is 1. The Kier molecular flexibility index (Phi) is 3.96. The lowest BCUT2D eigenvalue weighted by Crippen LogP contribution is -2.39. The van der Waals surface area contributed by atoms with Crippen LogP contribution in [-0.4, -0.2) is 13.2 Å². The zero-order chi connectivity index (χ0) is 13.2. The summed E-state index contributed by atoms with van der Waals surface area (Å²) in [6.07, 6.45) is 3.94. The second-order valence-electron chi connectivity index (χ2n) is 6.06. The van der Waals surface area contributed by atoms with Crippen LogP contribution < -0.4 is 10.1 Å². The maximum absolute atomic E-state index is 5.44. The van der Waals surface area contributed by atoms with E-state index in [1.807, 2.05) is 12.1 Å². The van der Waals surface area contributed by atoms with Crippen molar-refractivity contribution in [1.82, 2.24) is 5.32 Å². The number of hydrogen-bond acceptors (Lipinski definition) is 2. The summed E-state index contributed by atoms with van der Waals surface area (Å²) < 4.78 is 5.44. The number of para-hydroxylation sites is 1. The molecule has 1 saturated carbocycles.